The maximum Gasteiger partial charge on any atom is 0.325 e. The Morgan fingerprint density at radius 1 is 1.32 bits per heavy atom. The van der Waals surface area contributed by atoms with Gasteiger partial charge in [-0.3, -0.25) is 19.5 Å². The Kier molecular flexibility index (Phi) is 6.53. The molecule has 142 valence electrons. The average molecular weight is 377 g/mol. The van der Waals surface area contributed by atoms with Crippen molar-refractivity contribution >= 4 is 19.4 Å². The molecule has 1 fully saturated rings. The molecule has 2 amide bonds. The molecule has 1 saturated heterocycles. The SMILES string of the molecule is COC1[C@H](C2C=CC(=O)NC2=O)O[C@H](CCP(=O)(O)O)[C@@H]1OC(C)C. The van der Waals surface area contributed by atoms with Gasteiger partial charge in [-0.1, -0.05) is 6.08 Å². The second-order valence-corrected chi connectivity index (χ2v) is 8.18. The third kappa shape index (κ3) is 5.20. The van der Waals surface area contributed by atoms with Gasteiger partial charge in [0, 0.05) is 13.2 Å². The number of rotatable bonds is 7. The molecular weight excluding hydrogens is 353 g/mol. The standard InChI is InChI=1S/C15H24NO8P/c1-8(2)23-13-10(6-7-25(19,20)21)24-12(14(13)22-3)9-4-5-11(17)16-15(9)18/h4-5,8-10,12-14H,6-7H2,1-3H3,(H,16,17,18)(H2,19,20,21)/t9?,10-,12+,13+,14?/m1/s1. The van der Waals surface area contributed by atoms with Crippen LogP contribution in [0.3, 0.4) is 0 Å². The van der Waals surface area contributed by atoms with Crippen LogP contribution in [0.4, 0.5) is 0 Å². The minimum atomic E-state index is -4.19. The molecule has 0 aliphatic carbocycles. The summed E-state index contributed by atoms with van der Waals surface area (Å²) < 4.78 is 28.4. The van der Waals surface area contributed by atoms with Gasteiger partial charge in [0.15, 0.2) is 0 Å². The molecule has 0 aromatic heterocycles. The van der Waals surface area contributed by atoms with E-state index in [4.69, 9.17) is 24.0 Å². The summed E-state index contributed by atoms with van der Waals surface area (Å²) in [6.07, 6.45) is -0.306. The molecule has 3 N–H and O–H groups in total. The Bertz CT molecular complexity index is 586. The highest BCUT2D eigenvalue weighted by Gasteiger charge is 2.51. The fourth-order valence-electron chi connectivity index (χ4n) is 3.10. The summed E-state index contributed by atoms with van der Waals surface area (Å²) >= 11 is 0. The van der Waals surface area contributed by atoms with Gasteiger partial charge in [-0.15, -0.1) is 0 Å². The molecular formula is C15H24NO8P. The molecule has 2 aliphatic rings. The van der Waals surface area contributed by atoms with E-state index in [9.17, 15) is 14.2 Å². The number of hydrogen-bond acceptors (Lipinski definition) is 6. The normalized spacial score (nSPS) is 33.1. The molecule has 0 aromatic rings. The number of nitrogens with one attached hydrogen (secondary N) is 1. The van der Waals surface area contributed by atoms with Crippen LogP contribution in [0.5, 0.6) is 0 Å². The number of hydrogen-bond donors (Lipinski definition) is 3. The summed E-state index contributed by atoms with van der Waals surface area (Å²) in [5, 5.41) is 2.21. The van der Waals surface area contributed by atoms with E-state index in [1.807, 2.05) is 13.8 Å². The highest BCUT2D eigenvalue weighted by molar-refractivity contribution is 7.51. The van der Waals surface area contributed by atoms with Crippen molar-refractivity contribution in [3.05, 3.63) is 12.2 Å². The van der Waals surface area contributed by atoms with Crippen molar-refractivity contribution in [2.24, 2.45) is 5.92 Å². The predicted octanol–water partition coefficient (Wildman–Crippen LogP) is -0.0410. The third-order valence-electron chi connectivity index (χ3n) is 4.11. The van der Waals surface area contributed by atoms with Crippen LogP contribution in [0.15, 0.2) is 12.2 Å². The van der Waals surface area contributed by atoms with Gasteiger partial charge >= 0.3 is 7.60 Å². The topological polar surface area (TPSA) is 131 Å². The zero-order valence-electron chi connectivity index (χ0n) is 14.3. The van der Waals surface area contributed by atoms with Crippen LogP contribution in [0.25, 0.3) is 0 Å². The Labute approximate surface area is 145 Å². The van der Waals surface area contributed by atoms with Crippen LogP contribution >= 0.6 is 7.60 Å². The zero-order chi connectivity index (χ0) is 18.8. The predicted molar refractivity (Wildman–Crippen MR) is 86.8 cm³/mol. The monoisotopic (exact) mass is 377 g/mol. The van der Waals surface area contributed by atoms with Crippen molar-refractivity contribution in [1.82, 2.24) is 5.32 Å². The molecule has 0 radical (unpaired) electrons. The van der Waals surface area contributed by atoms with Crippen LogP contribution in [0, 0.1) is 5.92 Å². The summed E-state index contributed by atoms with van der Waals surface area (Å²) in [7, 11) is -2.74. The zero-order valence-corrected chi connectivity index (χ0v) is 15.2. The lowest BCUT2D eigenvalue weighted by Crippen LogP contribution is -2.47. The third-order valence-corrected chi connectivity index (χ3v) is 4.95. The van der Waals surface area contributed by atoms with Gasteiger partial charge in [-0.2, -0.15) is 0 Å². The molecule has 2 heterocycles. The van der Waals surface area contributed by atoms with Crippen molar-refractivity contribution in [2.75, 3.05) is 13.3 Å². The van der Waals surface area contributed by atoms with Gasteiger partial charge in [-0.05, 0) is 20.3 Å². The van der Waals surface area contributed by atoms with E-state index in [2.05, 4.69) is 5.32 Å². The first kappa shape index (κ1) is 20.2. The van der Waals surface area contributed by atoms with Crippen LogP contribution in [0.2, 0.25) is 0 Å². The Morgan fingerprint density at radius 3 is 2.52 bits per heavy atom. The van der Waals surface area contributed by atoms with Crippen LogP contribution in [-0.4, -0.2) is 65.4 Å². The fourth-order valence-corrected chi connectivity index (χ4v) is 3.69. The second kappa shape index (κ2) is 8.07. The lowest BCUT2D eigenvalue weighted by atomic mass is 9.92. The maximum atomic E-state index is 12.1. The summed E-state index contributed by atoms with van der Waals surface area (Å²) in [6.45, 7) is 3.65. The maximum absolute atomic E-state index is 12.1. The highest BCUT2D eigenvalue weighted by atomic mass is 31.2. The van der Waals surface area contributed by atoms with E-state index in [1.165, 1.54) is 19.3 Å². The lowest BCUT2D eigenvalue weighted by Gasteiger charge is -2.28. The van der Waals surface area contributed by atoms with E-state index in [1.54, 1.807) is 0 Å². The average Bonchev–Trinajstić information content (AvgIpc) is 2.81. The van der Waals surface area contributed by atoms with Gasteiger partial charge in [0.05, 0.1) is 24.3 Å². The summed E-state index contributed by atoms with van der Waals surface area (Å²) in [4.78, 5) is 41.6. The summed E-state index contributed by atoms with van der Waals surface area (Å²) in [5.41, 5.74) is 0. The lowest BCUT2D eigenvalue weighted by molar-refractivity contribution is -0.135. The number of imide groups is 1. The van der Waals surface area contributed by atoms with Gasteiger partial charge in [0.25, 0.3) is 0 Å². The molecule has 0 saturated carbocycles. The molecule has 9 nitrogen and oxygen atoms in total. The van der Waals surface area contributed by atoms with E-state index in [0.29, 0.717) is 0 Å². The van der Waals surface area contributed by atoms with Crippen LogP contribution in [0.1, 0.15) is 20.3 Å². The molecule has 10 heteroatoms. The first-order valence-electron chi connectivity index (χ1n) is 8.03. The first-order valence-corrected chi connectivity index (χ1v) is 9.83. The van der Waals surface area contributed by atoms with Crippen molar-refractivity contribution in [3.63, 3.8) is 0 Å². The Hall–Kier alpha value is -1.09. The number of ether oxygens (including phenoxy) is 3. The number of carbonyl (C=O) groups is 2. The van der Waals surface area contributed by atoms with Crippen molar-refractivity contribution < 1.29 is 38.2 Å². The van der Waals surface area contributed by atoms with E-state index >= 15 is 0 Å². The second-order valence-electron chi connectivity index (χ2n) is 6.40. The fraction of sp³-hybridized carbons (Fsp3) is 0.733. The molecule has 2 unspecified atom stereocenters. The van der Waals surface area contributed by atoms with Gasteiger partial charge in [0.2, 0.25) is 11.8 Å². The first-order chi connectivity index (χ1) is 11.6. The van der Waals surface area contributed by atoms with E-state index in [0.717, 1.165) is 0 Å². The van der Waals surface area contributed by atoms with E-state index < -0.39 is 49.7 Å². The van der Waals surface area contributed by atoms with Crippen molar-refractivity contribution in [3.8, 4) is 0 Å². The van der Waals surface area contributed by atoms with Crippen molar-refractivity contribution in [2.45, 2.75) is 50.8 Å². The molecule has 25 heavy (non-hydrogen) atoms. The largest absolute Gasteiger partial charge is 0.376 e. The van der Waals surface area contributed by atoms with Crippen LogP contribution in [-0.2, 0) is 28.4 Å². The molecule has 2 rings (SSSR count). The van der Waals surface area contributed by atoms with Gasteiger partial charge in [0.1, 0.15) is 18.3 Å². The highest BCUT2D eigenvalue weighted by Crippen LogP contribution is 2.40. The number of methoxy groups -OCH3 is 1. The summed E-state index contributed by atoms with van der Waals surface area (Å²) in [5.74, 6) is -1.75. The van der Waals surface area contributed by atoms with Gasteiger partial charge in [-0.25, -0.2) is 0 Å². The minimum Gasteiger partial charge on any atom is -0.376 e. The molecule has 5 atom stereocenters. The molecule has 2 aliphatic heterocycles. The Balaban J connectivity index is 2.22. The number of carbonyl (C=O) groups excluding carboxylic acids is 2. The van der Waals surface area contributed by atoms with Gasteiger partial charge < -0.3 is 24.0 Å². The molecule has 0 spiro atoms. The van der Waals surface area contributed by atoms with E-state index in [-0.39, 0.29) is 18.7 Å². The number of amides is 2. The molecule has 0 bridgehead atoms. The Morgan fingerprint density at radius 2 is 2.00 bits per heavy atom. The molecule has 0 aromatic carbocycles. The quantitative estimate of drug-likeness (QED) is 0.416. The van der Waals surface area contributed by atoms with Crippen LogP contribution < -0.4 is 5.32 Å². The minimum absolute atomic E-state index is 0.0645. The smallest absolute Gasteiger partial charge is 0.325 e. The van der Waals surface area contributed by atoms with Crippen molar-refractivity contribution in [1.29, 1.82) is 0 Å². The summed E-state index contributed by atoms with van der Waals surface area (Å²) in [6, 6.07) is 0.